The van der Waals surface area contributed by atoms with Gasteiger partial charge in [0.2, 0.25) is 5.91 Å². The molecule has 1 saturated heterocycles. The number of carbonyl (C=O) groups is 1. The molecule has 4 nitrogen and oxygen atoms in total. The van der Waals surface area contributed by atoms with Gasteiger partial charge in [-0.3, -0.25) is 9.69 Å². The van der Waals surface area contributed by atoms with E-state index in [2.05, 4.69) is 10.2 Å². The van der Waals surface area contributed by atoms with E-state index >= 15 is 0 Å². The van der Waals surface area contributed by atoms with Crippen molar-refractivity contribution in [3.63, 3.8) is 0 Å². The number of nitrogens with one attached hydrogen (secondary N) is 1. The number of hydrogen-bond acceptors (Lipinski definition) is 3. The summed E-state index contributed by atoms with van der Waals surface area (Å²) in [5, 5.41) is 13.4. The van der Waals surface area contributed by atoms with Crippen LogP contribution in [0.5, 0.6) is 0 Å². The molecule has 2 fully saturated rings. The van der Waals surface area contributed by atoms with Crippen molar-refractivity contribution in [3.05, 3.63) is 35.6 Å². The number of rotatable bonds is 3. The molecule has 1 amide bonds. The van der Waals surface area contributed by atoms with Gasteiger partial charge in [-0.15, -0.1) is 0 Å². The monoisotopic (exact) mass is 292 g/mol. The summed E-state index contributed by atoms with van der Waals surface area (Å²) in [4.78, 5) is 13.9. The van der Waals surface area contributed by atoms with E-state index < -0.39 is 6.10 Å². The predicted molar refractivity (Wildman–Crippen MR) is 77.1 cm³/mol. The summed E-state index contributed by atoms with van der Waals surface area (Å²) < 4.78 is 12.9. The Labute approximate surface area is 124 Å². The summed E-state index contributed by atoms with van der Waals surface area (Å²) in [7, 11) is 0. The third-order valence-corrected chi connectivity index (χ3v) is 4.55. The van der Waals surface area contributed by atoms with Crippen molar-refractivity contribution in [2.45, 2.75) is 43.9 Å². The molecule has 0 aromatic heterocycles. The van der Waals surface area contributed by atoms with E-state index in [0.717, 1.165) is 19.3 Å². The summed E-state index contributed by atoms with van der Waals surface area (Å²) in [6.45, 7) is 0.750. The van der Waals surface area contributed by atoms with Gasteiger partial charge in [0.05, 0.1) is 12.6 Å². The molecule has 0 radical (unpaired) electrons. The largest absolute Gasteiger partial charge is 0.387 e. The van der Waals surface area contributed by atoms with Crippen molar-refractivity contribution in [3.8, 4) is 0 Å². The van der Waals surface area contributed by atoms with Crippen LogP contribution < -0.4 is 5.32 Å². The Hall–Kier alpha value is -1.46. The van der Waals surface area contributed by atoms with E-state index in [1.165, 1.54) is 18.6 Å². The summed E-state index contributed by atoms with van der Waals surface area (Å²) in [5.74, 6) is -0.278. The van der Waals surface area contributed by atoms with Crippen LogP contribution in [0.25, 0.3) is 0 Å². The van der Waals surface area contributed by atoms with Gasteiger partial charge in [0.25, 0.3) is 0 Å². The number of carbonyl (C=O) groups excluding carboxylic acids is 1. The SMILES string of the molecule is O=C1CN(CC(O)c2ccc(F)cc2)C2CCCCC2N1. The van der Waals surface area contributed by atoms with E-state index in [1.807, 2.05) is 0 Å². The van der Waals surface area contributed by atoms with Gasteiger partial charge in [0, 0.05) is 18.6 Å². The lowest BCUT2D eigenvalue weighted by molar-refractivity contribution is -0.129. The zero-order chi connectivity index (χ0) is 14.8. The first-order chi connectivity index (χ1) is 10.1. The van der Waals surface area contributed by atoms with Gasteiger partial charge in [0.1, 0.15) is 5.82 Å². The van der Waals surface area contributed by atoms with Gasteiger partial charge in [-0.2, -0.15) is 0 Å². The maximum absolute atomic E-state index is 12.9. The summed E-state index contributed by atoms with van der Waals surface area (Å²) in [6.07, 6.45) is 3.69. The normalized spacial score (nSPS) is 27.8. The van der Waals surface area contributed by atoms with E-state index in [-0.39, 0.29) is 17.8 Å². The topological polar surface area (TPSA) is 52.6 Å². The molecular formula is C16H21FN2O2. The molecule has 1 heterocycles. The summed E-state index contributed by atoms with van der Waals surface area (Å²) >= 11 is 0. The fraction of sp³-hybridized carbons (Fsp3) is 0.562. The third kappa shape index (κ3) is 3.24. The molecule has 1 aromatic carbocycles. The zero-order valence-corrected chi connectivity index (χ0v) is 12.0. The van der Waals surface area contributed by atoms with Crippen molar-refractivity contribution < 1.29 is 14.3 Å². The van der Waals surface area contributed by atoms with Crippen LogP contribution in [0.15, 0.2) is 24.3 Å². The molecule has 1 saturated carbocycles. The van der Waals surface area contributed by atoms with Crippen LogP contribution >= 0.6 is 0 Å². The fourth-order valence-electron chi connectivity index (χ4n) is 3.48. The molecule has 114 valence electrons. The van der Waals surface area contributed by atoms with Crippen LogP contribution in [-0.4, -0.2) is 41.1 Å². The highest BCUT2D eigenvalue weighted by Crippen LogP contribution is 2.27. The molecule has 3 rings (SSSR count). The second kappa shape index (κ2) is 6.12. The Balaban J connectivity index is 1.69. The fourth-order valence-corrected chi connectivity index (χ4v) is 3.48. The first-order valence-corrected chi connectivity index (χ1v) is 7.60. The molecule has 5 heteroatoms. The van der Waals surface area contributed by atoms with Crippen LogP contribution in [0, 0.1) is 5.82 Å². The van der Waals surface area contributed by atoms with Crippen molar-refractivity contribution in [1.82, 2.24) is 10.2 Å². The van der Waals surface area contributed by atoms with Crippen LogP contribution in [-0.2, 0) is 4.79 Å². The molecule has 1 aromatic rings. The average molecular weight is 292 g/mol. The third-order valence-electron chi connectivity index (χ3n) is 4.55. The molecule has 2 N–H and O–H groups in total. The lowest BCUT2D eigenvalue weighted by Crippen LogP contribution is -2.62. The molecule has 3 atom stereocenters. The van der Waals surface area contributed by atoms with Gasteiger partial charge in [-0.05, 0) is 30.5 Å². The van der Waals surface area contributed by atoms with Gasteiger partial charge < -0.3 is 10.4 Å². The number of amides is 1. The lowest BCUT2D eigenvalue weighted by Gasteiger charge is -2.44. The van der Waals surface area contributed by atoms with E-state index in [0.29, 0.717) is 24.7 Å². The van der Waals surface area contributed by atoms with E-state index in [9.17, 15) is 14.3 Å². The molecule has 21 heavy (non-hydrogen) atoms. The quantitative estimate of drug-likeness (QED) is 0.890. The first kappa shape index (κ1) is 14.5. The highest BCUT2D eigenvalue weighted by molar-refractivity contribution is 5.79. The molecular weight excluding hydrogens is 271 g/mol. The molecule has 1 aliphatic carbocycles. The second-order valence-electron chi connectivity index (χ2n) is 6.02. The molecule has 0 spiro atoms. The Kier molecular flexibility index (Phi) is 4.22. The lowest BCUT2D eigenvalue weighted by atomic mass is 9.87. The predicted octanol–water partition coefficient (Wildman–Crippen LogP) is 1.60. The van der Waals surface area contributed by atoms with Crippen LogP contribution in [0.2, 0.25) is 0 Å². The number of halogens is 1. The number of aliphatic hydroxyl groups excluding tert-OH is 1. The van der Waals surface area contributed by atoms with Gasteiger partial charge in [-0.1, -0.05) is 25.0 Å². The molecule has 0 bridgehead atoms. The van der Waals surface area contributed by atoms with Gasteiger partial charge in [-0.25, -0.2) is 4.39 Å². The van der Waals surface area contributed by atoms with E-state index in [1.54, 1.807) is 12.1 Å². The number of fused-ring (bicyclic) bond motifs is 1. The summed E-state index contributed by atoms with van der Waals surface area (Å²) in [5.41, 5.74) is 0.690. The Bertz CT molecular complexity index is 506. The number of benzene rings is 1. The van der Waals surface area contributed by atoms with Crippen molar-refractivity contribution in [1.29, 1.82) is 0 Å². The smallest absolute Gasteiger partial charge is 0.234 e. The number of nitrogens with zero attached hydrogens (tertiary/aromatic N) is 1. The van der Waals surface area contributed by atoms with Crippen LogP contribution in [0.3, 0.4) is 0 Å². The van der Waals surface area contributed by atoms with Crippen molar-refractivity contribution in [2.24, 2.45) is 0 Å². The van der Waals surface area contributed by atoms with Crippen molar-refractivity contribution >= 4 is 5.91 Å². The highest BCUT2D eigenvalue weighted by atomic mass is 19.1. The number of piperazine rings is 1. The van der Waals surface area contributed by atoms with Crippen LogP contribution in [0.1, 0.15) is 37.4 Å². The van der Waals surface area contributed by atoms with Gasteiger partial charge >= 0.3 is 0 Å². The Morgan fingerprint density at radius 1 is 1.29 bits per heavy atom. The zero-order valence-electron chi connectivity index (χ0n) is 12.0. The second-order valence-corrected chi connectivity index (χ2v) is 6.02. The molecule has 2 aliphatic rings. The average Bonchev–Trinajstić information content (AvgIpc) is 2.47. The molecule has 3 unspecified atom stereocenters. The number of aliphatic hydroxyl groups is 1. The van der Waals surface area contributed by atoms with Gasteiger partial charge in [0.15, 0.2) is 0 Å². The number of β-amino-alcohol motifs (C(OH)–C–C–N with tert-alkyl or cyclic N) is 1. The standard InChI is InChI=1S/C16H21FN2O2/c17-12-7-5-11(6-8-12)15(20)9-19-10-16(21)18-13-3-1-2-4-14(13)19/h5-8,13-15,20H,1-4,9-10H2,(H,18,21). The highest BCUT2D eigenvalue weighted by Gasteiger charge is 2.36. The maximum atomic E-state index is 12.9. The van der Waals surface area contributed by atoms with Crippen molar-refractivity contribution in [2.75, 3.05) is 13.1 Å². The number of hydrogen-bond donors (Lipinski definition) is 2. The maximum Gasteiger partial charge on any atom is 0.234 e. The van der Waals surface area contributed by atoms with E-state index in [4.69, 9.17) is 0 Å². The Morgan fingerprint density at radius 3 is 2.76 bits per heavy atom. The molecule has 1 aliphatic heterocycles. The minimum Gasteiger partial charge on any atom is -0.387 e. The first-order valence-electron chi connectivity index (χ1n) is 7.60. The van der Waals surface area contributed by atoms with Crippen LogP contribution in [0.4, 0.5) is 4.39 Å². The Morgan fingerprint density at radius 2 is 2.00 bits per heavy atom. The minimum absolute atomic E-state index is 0.0319. The summed E-state index contributed by atoms with van der Waals surface area (Å²) in [6, 6.07) is 6.42. The minimum atomic E-state index is -0.695.